The largest absolute Gasteiger partial charge is 0.283 e. The summed E-state index contributed by atoms with van der Waals surface area (Å²) in [6, 6.07) is 13.2. The third kappa shape index (κ3) is 3.84. The maximum absolute atomic E-state index is 12.2. The average molecular weight is 289 g/mol. The molecule has 3 nitrogen and oxygen atoms in total. The van der Waals surface area contributed by atoms with Crippen LogP contribution in [0.15, 0.2) is 42.5 Å². The second-order valence-corrected chi connectivity index (χ2v) is 6.89. The molecule has 0 heterocycles. The third-order valence-corrected chi connectivity index (χ3v) is 4.33. The summed E-state index contributed by atoms with van der Waals surface area (Å²) >= 11 is 0. The first-order valence-electron chi connectivity index (χ1n) is 6.49. The molecular formula is C16H19NO2S. The van der Waals surface area contributed by atoms with Crippen LogP contribution in [0.5, 0.6) is 0 Å². The second-order valence-electron chi connectivity index (χ2n) is 5.17. The Balaban J connectivity index is 2.19. The molecule has 0 aliphatic heterocycles. The standard InChI is InChI=1S/C16H19NO2S/c1-12-5-4-6-15(10-12)11-20(18,19)17-16-8-7-13(2)9-14(16)3/h4-10,17H,11H2,1-3H3. The molecule has 0 amide bonds. The van der Waals surface area contributed by atoms with Crippen LogP contribution < -0.4 is 4.72 Å². The predicted octanol–water partition coefficient (Wildman–Crippen LogP) is 3.55. The lowest BCUT2D eigenvalue weighted by molar-refractivity contribution is 0.600. The van der Waals surface area contributed by atoms with E-state index in [0.717, 1.165) is 22.3 Å². The molecular weight excluding hydrogens is 270 g/mol. The van der Waals surface area contributed by atoms with Crippen LogP contribution in [0.4, 0.5) is 5.69 Å². The minimum Gasteiger partial charge on any atom is -0.283 e. The Bertz CT molecular complexity index is 721. The fraction of sp³-hybridized carbons (Fsp3) is 0.250. The Labute approximate surface area is 120 Å². The molecule has 0 fully saturated rings. The van der Waals surface area contributed by atoms with Gasteiger partial charge in [-0.1, -0.05) is 47.5 Å². The Kier molecular flexibility index (Phi) is 4.14. The van der Waals surface area contributed by atoms with Gasteiger partial charge in [0.1, 0.15) is 0 Å². The number of anilines is 1. The Morgan fingerprint density at radius 2 is 1.65 bits per heavy atom. The molecule has 2 rings (SSSR count). The Morgan fingerprint density at radius 3 is 2.30 bits per heavy atom. The summed E-state index contributed by atoms with van der Waals surface area (Å²) in [5, 5.41) is 0. The zero-order valence-electron chi connectivity index (χ0n) is 12.0. The number of rotatable bonds is 4. The van der Waals surface area contributed by atoms with Crippen LogP contribution in [0, 0.1) is 20.8 Å². The van der Waals surface area contributed by atoms with Crippen LogP contribution >= 0.6 is 0 Å². The van der Waals surface area contributed by atoms with E-state index in [0.29, 0.717) is 5.69 Å². The molecule has 2 aromatic carbocycles. The highest BCUT2D eigenvalue weighted by atomic mass is 32.2. The number of aryl methyl sites for hydroxylation is 3. The van der Waals surface area contributed by atoms with Gasteiger partial charge < -0.3 is 0 Å². The first kappa shape index (κ1) is 14.6. The van der Waals surface area contributed by atoms with Crippen LogP contribution in [0.2, 0.25) is 0 Å². The lowest BCUT2D eigenvalue weighted by Gasteiger charge is -2.11. The summed E-state index contributed by atoms with van der Waals surface area (Å²) in [5.41, 5.74) is 4.54. The summed E-state index contributed by atoms with van der Waals surface area (Å²) < 4.78 is 27.1. The maximum Gasteiger partial charge on any atom is 0.236 e. The fourth-order valence-electron chi connectivity index (χ4n) is 2.15. The van der Waals surface area contributed by atoms with Crippen molar-refractivity contribution in [1.82, 2.24) is 0 Å². The van der Waals surface area contributed by atoms with E-state index in [4.69, 9.17) is 0 Å². The second kappa shape index (κ2) is 5.67. The van der Waals surface area contributed by atoms with Gasteiger partial charge in [-0.3, -0.25) is 4.72 Å². The van der Waals surface area contributed by atoms with Crippen molar-refractivity contribution in [2.45, 2.75) is 26.5 Å². The van der Waals surface area contributed by atoms with Crippen molar-refractivity contribution in [1.29, 1.82) is 0 Å². The van der Waals surface area contributed by atoms with Gasteiger partial charge in [0.25, 0.3) is 0 Å². The SMILES string of the molecule is Cc1cccc(CS(=O)(=O)Nc2ccc(C)cc2C)c1. The van der Waals surface area contributed by atoms with E-state index in [1.807, 2.05) is 57.2 Å². The molecule has 106 valence electrons. The molecule has 0 radical (unpaired) electrons. The van der Waals surface area contributed by atoms with Gasteiger partial charge in [0.2, 0.25) is 10.0 Å². The summed E-state index contributed by atoms with van der Waals surface area (Å²) in [4.78, 5) is 0. The fourth-order valence-corrected chi connectivity index (χ4v) is 3.41. The molecule has 0 spiro atoms. The first-order valence-corrected chi connectivity index (χ1v) is 8.14. The molecule has 0 unspecified atom stereocenters. The van der Waals surface area contributed by atoms with Gasteiger partial charge in [0.05, 0.1) is 11.4 Å². The molecule has 0 aliphatic rings. The van der Waals surface area contributed by atoms with Gasteiger partial charge in [-0.2, -0.15) is 0 Å². The highest BCUT2D eigenvalue weighted by Gasteiger charge is 2.13. The molecule has 0 atom stereocenters. The van der Waals surface area contributed by atoms with Crippen molar-refractivity contribution in [2.24, 2.45) is 0 Å². The molecule has 0 saturated heterocycles. The van der Waals surface area contributed by atoms with Crippen LogP contribution in [0.3, 0.4) is 0 Å². The van der Waals surface area contributed by atoms with E-state index in [2.05, 4.69) is 4.72 Å². The summed E-state index contributed by atoms with van der Waals surface area (Å²) in [6.45, 7) is 5.84. The molecule has 20 heavy (non-hydrogen) atoms. The molecule has 0 aromatic heterocycles. The smallest absolute Gasteiger partial charge is 0.236 e. The summed E-state index contributed by atoms with van der Waals surface area (Å²) in [5.74, 6) is -0.0119. The third-order valence-electron chi connectivity index (χ3n) is 3.09. The van der Waals surface area contributed by atoms with Gasteiger partial charge in [-0.05, 0) is 38.0 Å². The number of sulfonamides is 1. The highest BCUT2D eigenvalue weighted by molar-refractivity contribution is 7.91. The average Bonchev–Trinajstić information content (AvgIpc) is 2.32. The van der Waals surface area contributed by atoms with Crippen molar-refractivity contribution < 1.29 is 8.42 Å². The zero-order chi connectivity index (χ0) is 14.8. The van der Waals surface area contributed by atoms with Crippen LogP contribution in [-0.4, -0.2) is 8.42 Å². The van der Waals surface area contributed by atoms with Gasteiger partial charge in [-0.25, -0.2) is 8.42 Å². The molecule has 0 bridgehead atoms. The van der Waals surface area contributed by atoms with Gasteiger partial charge >= 0.3 is 0 Å². The van der Waals surface area contributed by atoms with Crippen molar-refractivity contribution in [3.63, 3.8) is 0 Å². The van der Waals surface area contributed by atoms with Gasteiger partial charge in [0, 0.05) is 0 Å². The number of nitrogens with one attached hydrogen (secondary N) is 1. The zero-order valence-corrected chi connectivity index (χ0v) is 12.8. The number of benzene rings is 2. The highest BCUT2D eigenvalue weighted by Crippen LogP contribution is 2.19. The van der Waals surface area contributed by atoms with E-state index < -0.39 is 10.0 Å². The Morgan fingerprint density at radius 1 is 0.950 bits per heavy atom. The van der Waals surface area contributed by atoms with Crippen molar-refractivity contribution in [2.75, 3.05) is 4.72 Å². The van der Waals surface area contributed by atoms with E-state index in [1.54, 1.807) is 6.07 Å². The van der Waals surface area contributed by atoms with Crippen molar-refractivity contribution in [3.8, 4) is 0 Å². The van der Waals surface area contributed by atoms with Crippen LogP contribution in [-0.2, 0) is 15.8 Å². The summed E-state index contributed by atoms with van der Waals surface area (Å²) in [6.07, 6.45) is 0. The molecule has 1 N–H and O–H groups in total. The van der Waals surface area contributed by atoms with Gasteiger partial charge in [0.15, 0.2) is 0 Å². The van der Waals surface area contributed by atoms with Crippen molar-refractivity contribution in [3.05, 3.63) is 64.7 Å². The van der Waals surface area contributed by atoms with Crippen LogP contribution in [0.1, 0.15) is 22.3 Å². The molecule has 4 heteroatoms. The first-order chi connectivity index (χ1) is 9.35. The van der Waals surface area contributed by atoms with E-state index in [-0.39, 0.29) is 5.75 Å². The number of hydrogen-bond acceptors (Lipinski definition) is 2. The topological polar surface area (TPSA) is 46.2 Å². The van der Waals surface area contributed by atoms with E-state index in [1.165, 1.54) is 0 Å². The van der Waals surface area contributed by atoms with Gasteiger partial charge in [-0.15, -0.1) is 0 Å². The number of hydrogen-bond donors (Lipinski definition) is 1. The van der Waals surface area contributed by atoms with E-state index >= 15 is 0 Å². The molecule has 0 saturated carbocycles. The molecule has 0 aliphatic carbocycles. The van der Waals surface area contributed by atoms with Crippen LogP contribution in [0.25, 0.3) is 0 Å². The molecule has 2 aromatic rings. The predicted molar refractivity (Wildman–Crippen MR) is 83.3 cm³/mol. The quantitative estimate of drug-likeness (QED) is 0.935. The van der Waals surface area contributed by atoms with E-state index in [9.17, 15) is 8.42 Å². The summed E-state index contributed by atoms with van der Waals surface area (Å²) in [7, 11) is -3.39. The van der Waals surface area contributed by atoms with Crippen molar-refractivity contribution >= 4 is 15.7 Å². The minimum absolute atomic E-state index is 0.0119. The maximum atomic E-state index is 12.2. The Hall–Kier alpha value is -1.81. The monoisotopic (exact) mass is 289 g/mol. The lowest BCUT2D eigenvalue weighted by Crippen LogP contribution is -2.15. The lowest BCUT2D eigenvalue weighted by atomic mass is 10.1. The normalized spacial score (nSPS) is 11.3. The minimum atomic E-state index is -3.39.